The van der Waals surface area contributed by atoms with Crippen molar-refractivity contribution in [2.24, 2.45) is 0 Å². The van der Waals surface area contributed by atoms with Gasteiger partial charge in [0.2, 0.25) is 0 Å². The molecular weight excluding hydrogens is 430 g/mol. The summed E-state index contributed by atoms with van der Waals surface area (Å²) < 4.78 is 21.2. The van der Waals surface area contributed by atoms with Crippen molar-refractivity contribution in [3.8, 4) is 0 Å². The van der Waals surface area contributed by atoms with E-state index in [9.17, 15) is 14.4 Å². The summed E-state index contributed by atoms with van der Waals surface area (Å²) in [4.78, 5) is 38.5. The minimum absolute atomic E-state index is 0.0105. The van der Waals surface area contributed by atoms with E-state index in [1.807, 2.05) is 0 Å². The first kappa shape index (κ1) is 29.2. The van der Waals surface area contributed by atoms with Gasteiger partial charge in [-0.25, -0.2) is 14.4 Å². The summed E-state index contributed by atoms with van der Waals surface area (Å²) in [6.07, 6.45) is 5.48. The second kappa shape index (κ2) is 14.4. The Morgan fingerprint density at radius 1 is 1.06 bits per heavy atom. The molecule has 9 nitrogen and oxygen atoms in total. The van der Waals surface area contributed by atoms with Crippen LogP contribution in [0.1, 0.15) is 92.4 Å². The number of rotatable bonds is 3. The molecule has 2 fully saturated rings. The van der Waals surface area contributed by atoms with E-state index in [1.165, 1.54) is 12.8 Å². The van der Waals surface area contributed by atoms with Crippen LogP contribution in [0.5, 0.6) is 0 Å². The van der Waals surface area contributed by atoms with Crippen molar-refractivity contribution in [1.29, 1.82) is 0 Å². The third kappa shape index (κ3) is 11.2. The number of amides is 2. The SMILES string of the molecule is CCOC(=O)N(C(=O)OC(C)(C)C)[C@H]1CCCCC(OC)CC(C)OC1=O.OC1CCCC1. The maximum atomic E-state index is 12.7. The molecule has 3 atom stereocenters. The van der Waals surface area contributed by atoms with E-state index in [-0.39, 0.29) is 25.2 Å². The quantitative estimate of drug-likeness (QED) is 0.468. The molecule has 0 aromatic heterocycles. The Hall–Kier alpha value is -1.87. The molecule has 1 aliphatic heterocycles. The lowest BCUT2D eigenvalue weighted by molar-refractivity contribution is -0.156. The smallest absolute Gasteiger partial charge is 0.420 e. The first-order valence-electron chi connectivity index (χ1n) is 12.1. The van der Waals surface area contributed by atoms with Crippen LogP contribution in [0.4, 0.5) is 9.59 Å². The molecule has 2 aliphatic rings. The lowest BCUT2D eigenvalue weighted by Crippen LogP contribution is -2.51. The third-order valence-electron chi connectivity index (χ3n) is 5.46. The normalized spacial score (nSPS) is 24.7. The summed E-state index contributed by atoms with van der Waals surface area (Å²) in [6, 6.07) is -1.08. The number of imide groups is 1. The van der Waals surface area contributed by atoms with Crippen molar-refractivity contribution >= 4 is 18.2 Å². The fourth-order valence-electron chi connectivity index (χ4n) is 3.83. The molecule has 1 aliphatic carbocycles. The number of aliphatic hydroxyl groups is 1. The van der Waals surface area contributed by atoms with Crippen molar-refractivity contribution in [2.75, 3.05) is 13.7 Å². The van der Waals surface area contributed by atoms with Gasteiger partial charge in [0.05, 0.1) is 18.8 Å². The zero-order valence-electron chi connectivity index (χ0n) is 21.1. The van der Waals surface area contributed by atoms with E-state index in [1.54, 1.807) is 41.7 Å². The van der Waals surface area contributed by atoms with Crippen molar-refractivity contribution < 1.29 is 38.4 Å². The molecule has 0 aromatic rings. The maximum absolute atomic E-state index is 12.7. The molecular formula is C24H43NO8. The maximum Gasteiger partial charge on any atom is 0.420 e. The number of ether oxygens (including phenoxy) is 4. The van der Waals surface area contributed by atoms with Crippen LogP contribution in [0.3, 0.4) is 0 Å². The fourth-order valence-corrected chi connectivity index (χ4v) is 3.83. The largest absolute Gasteiger partial charge is 0.461 e. The minimum atomic E-state index is -1.08. The Balaban J connectivity index is 0.000000779. The molecule has 1 N–H and O–H groups in total. The fraction of sp³-hybridized carbons (Fsp3) is 0.875. The van der Waals surface area contributed by atoms with E-state index in [2.05, 4.69) is 0 Å². The van der Waals surface area contributed by atoms with Crippen LogP contribution < -0.4 is 0 Å². The Morgan fingerprint density at radius 2 is 1.64 bits per heavy atom. The first-order valence-corrected chi connectivity index (χ1v) is 12.1. The van der Waals surface area contributed by atoms with Crippen molar-refractivity contribution in [3.63, 3.8) is 0 Å². The van der Waals surface area contributed by atoms with Gasteiger partial charge in [0.1, 0.15) is 17.7 Å². The van der Waals surface area contributed by atoms with Gasteiger partial charge in [-0.2, -0.15) is 4.90 Å². The number of cyclic esters (lactones) is 1. The van der Waals surface area contributed by atoms with Crippen LogP contribution in [0.15, 0.2) is 0 Å². The van der Waals surface area contributed by atoms with E-state index in [4.69, 9.17) is 24.1 Å². The molecule has 2 unspecified atom stereocenters. The zero-order valence-corrected chi connectivity index (χ0v) is 21.1. The van der Waals surface area contributed by atoms with Crippen LogP contribution in [-0.4, -0.2) is 71.8 Å². The summed E-state index contributed by atoms with van der Waals surface area (Å²) >= 11 is 0. The Bertz CT molecular complexity index is 612. The number of nitrogens with zero attached hydrogens (tertiary/aromatic N) is 1. The lowest BCUT2D eigenvalue weighted by atomic mass is 10.0. The average molecular weight is 474 g/mol. The number of methoxy groups -OCH3 is 1. The van der Waals surface area contributed by atoms with Crippen LogP contribution in [-0.2, 0) is 23.7 Å². The Labute approximate surface area is 198 Å². The lowest BCUT2D eigenvalue weighted by Gasteiger charge is -2.32. The number of carbonyl (C=O) groups is 3. The highest BCUT2D eigenvalue weighted by Gasteiger charge is 2.40. The third-order valence-corrected chi connectivity index (χ3v) is 5.46. The monoisotopic (exact) mass is 473 g/mol. The predicted octanol–water partition coefficient (Wildman–Crippen LogP) is 4.58. The minimum Gasteiger partial charge on any atom is -0.461 e. The molecule has 1 heterocycles. The van der Waals surface area contributed by atoms with Crippen LogP contribution in [0.25, 0.3) is 0 Å². The molecule has 2 rings (SSSR count). The molecule has 1 saturated carbocycles. The van der Waals surface area contributed by atoms with Crippen LogP contribution in [0, 0.1) is 0 Å². The number of aliphatic hydroxyl groups excluding tert-OH is 1. The summed E-state index contributed by atoms with van der Waals surface area (Å²) in [7, 11) is 1.64. The van der Waals surface area contributed by atoms with Gasteiger partial charge in [0, 0.05) is 13.5 Å². The molecule has 2 amide bonds. The van der Waals surface area contributed by atoms with E-state index >= 15 is 0 Å². The Kier molecular flexibility index (Phi) is 12.7. The highest BCUT2D eigenvalue weighted by atomic mass is 16.6. The van der Waals surface area contributed by atoms with Gasteiger partial charge in [0.25, 0.3) is 0 Å². The van der Waals surface area contributed by atoms with Gasteiger partial charge in [-0.05, 0) is 60.3 Å². The standard InChI is InChI=1S/C19H33NO7.C5H10O/c1-7-25-17(22)20(18(23)27-19(3,4)5)15-11-9-8-10-14(24-6)12-13(2)26-16(15)21;6-5-3-1-2-4-5/h13-15H,7-12H2,1-6H3;5-6H,1-4H2/t13?,14?,15-;/m0./s1. The van der Waals surface area contributed by atoms with E-state index in [0.29, 0.717) is 12.8 Å². The number of esters is 1. The molecule has 0 spiro atoms. The predicted molar refractivity (Wildman–Crippen MR) is 123 cm³/mol. The van der Waals surface area contributed by atoms with Gasteiger partial charge in [0.15, 0.2) is 0 Å². The molecule has 33 heavy (non-hydrogen) atoms. The van der Waals surface area contributed by atoms with Gasteiger partial charge in [-0.1, -0.05) is 25.7 Å². The average Bonchev–Trinajstić information content (AvgIpc) is 3.18. The highest BCUT2D eigenvalue weighted by molar-refractivity contribution is 5.94. The van der Waals surface area contributed by atoms with Crippen LogP contribution in [0.2, 0.25) is 0 Å². The Morgan fingerprint density at radius 3 is 2.12 bits per heavy atom. The number of carbonyl (C=O) groups excluding carboxylic acids is 3. The van der Waals surface area contributed by atoms with E-state index in [0.717, 1.165) is 30.6 Å². The molecule has 1 saturated heterocycles. The van der Waals surface area contributed by atoms with Gasteiger partial charge >= 0.3 is 18.2 Å². The molecule has 0 bridgehead atoms. The molecule has 192 valence electrons. The summed E-state index contributed by atoms with van der Waals surface area (Å²) in [5.74, 6) is -0.641. The number of hydrogen-bond acceptors (Lipinski definition) is 8. The van der Waals surface area contributed by atoms with Crippen molar-refractivity contribution in [3.05, 3.63) is 0 Å². The van der Waals surface area contributed by atoms with Gasteiger partial charge in [-0.3, -0.25) is 0 Å². The van der Waals surface area contributed by atoms with Gasteiger partial charge < -0.3 is 24.1 Å². The van der Waals surface area contributed by atoms with Crippen molar-refractivity contribution in [2.45, 2.75) is 122 Å². The summed E-state index contributed by atoms with van der Waals surface area (Å²) in [5, 5.41) is 8.73. The highest BCUT2D eigenvalue weighted by Crippen LogP contribution is 2.22. The second-order valence-corrected chi connectivity index (χ2v) is 9.63. The van der Waals surface area contributed by atoms with Gasteiger partial charge in [-0.15, -0.1) is 0 Å². The molecule has 9 heteroatoms. The summed E-state index contributed by atoms with van der Waals surface area (Å²) in [5.41, 5.74) is -0.819. The molecule has 0 radical (unpaired) electrons. The number of hydrogen-bond donors (Lipinski definition) is 1. The van der Waals surface area contributed by atoms with Crippen molar-refractivity contribution in [1.82, 2.24) is 4.90 Å². The van der Waals surface area contributed by atoms with Crippen LogP contribution >= 0.6 is 0 Å². The zero-order chi connectivity index (χ0) is 25.0. The molecule has 0 aromatic carbocycles. The van der Waals surface area contributed by atoms with E-state index < -0.39 is 35.9 Å². The second-order valence-electron chi connectivity index (χ2n) is 9.63. The first-order chi connectivity index (χ1) is 15.5. The topological polar surface area (TPSA) is 112 Å². The summed E-state index contributed by atoms with van der Waals surface area (Å²) in [6.45, 7) is 8.53.